The van der Waals surface area contributed by atoms with Gasteiger partial charge in [-0.25, -0.2) is 0 Å². The van der Waals surface area contributed by atoms with Crippen molar-refractivity contribution in [3.05, 3.63) is 188 Å². The Morgan fingerprint density at radius 3 is 1.58 bits per heavy atom. The highest BCUT2D eigenvalue weighted by Gasteiger charge is 2.19. The van der Waals surface area contributed by atoms with Gasteiger partial charge < -0.3 is 9.32 Å². The van der Waals surface area contributed by atoms with Gasteiger partial charge in [-0.05, 0) is 104 Å². The van der Waals surface area contributed by atoms with E-state index in [4.69, 9.17) is 4.42 Å². The molecule has 1 aromatic heterocycles. The van der Waals surface area contributed by atoms with Crippen LogP contribution in [-0.2, 0) is 0 Å². The summed E-state index contributed by atoms with van der Waals surface area (Å²) in [7, 11) is 0. The third kappa shape index (κ3) is 4.50. The Balaban J connectivity index is 1.21. The van der Waals surface area contributed by atoms with Gasteiger partial charge in [0, 0.05) is 33.2 Å². The van der Waals surface area contributed by atoms with Crippen molar-refractivity contribution >= 4 is 71.3 Å². The fourth-order valence-electron chi connectivity index (χ4n) is 7.84. The minimum absolute atomic E-state index is 0.919. The molecule has 0 atom stereocenters. The van der Waals surface area contributed by atoms with Crippen LogP contribution < -0.4 is 4.90 Å². The van der Waals surface area contributed by atoms with Crippen molar-refractivity contribution in [1.29, 1.82) is 0 Å². The van der Waals surface area contributed by atoms with Crippen molar-refractivity contribution in [2.75, 3.05) is 4.90 Å². The van der Waals surface area contributed by atoms with Crippen LogP contribution in [-0.4, -0.2) is 0 Å². The Kier molecular flexibility index (Phi) is 6.53. The van der Waals surface area contributed by atoms with E-state index < -0.39 is 0 Å². The van der Waals surface area contributed by atoms with Gasteiger partial charge in [-0.15, -0.1) is 0 Å². The number of rotatable bonds is 5. The van der Waals surface area contributed by atoms with Gasteiger partial charge in [-0.1, -0.05) is 133 Å². The van der Waals surface area contributed by atoms with Gasteiger partial charge in [0.1, 0.15) is 11.2 Å². The van der Waals surface area contributed by atoms with Crippen molar-refractivity contribution < 1.29 is 4.42 Å². The SMILES string of the molecule is c1ccc(-c2cccc(N(c3ccccc3)c3cccc(-c4cccc5c6ccc7oc8ccccc8c7c6c6ccccc6c45)c3)c2)cc1. The van der Waals surface area contributed by atoms with Crippen LogP contribution in [0.3, 0.4) is 0 Å². The third-order valence-electron chi connectivity index (χ3n) is 10.0. The molecule has 0 aliphatic heterocycles. The summed E-state index contributed by atoms with van der Waals surface area (Å²) in [5, 5.41) is 9.79. The fraction of sp³-hybridized carbons (Fsp3) is 0. The van der Waals surface area contributed by atoms with E-state index in [0.717, 1.165) is 33.6 Å². The van der Waals surface area contributed by atoms with Gasteiger partial charge >= 0.3 is 0 Å². The Morgan fingerprint density at radius 2 is 0.820 bits per heavy atom. The van der Waals surface area contributed by atoms with Gasteiger partial charge in [-0.3, -0.25) is 0 Å². The zero-order chi connectivity index (χ0) is 33.0. The first kappa shape index (κ1) is 28.4. The minimum atomic E-state index is 0.919. The van der Waals surface area contributed by atoms with Gasteiger partial charge in [0.05, 0.1) is 0 Å². The predicted molar refractivity (Wildman–Crippen MR) is 212 cm³/mol. The van der Waals surface area contributed by atoms with Crippen LogP contribution in [0, 0.1) is 0 Å². The Labute approximate surface area is 290 Å². The lowest BCUT2D eigenvalue weighted by Crippen LogP contribution is -2.10. The molecule has 0 N–H and O–H groups in total. The standard InChI is InChI=1S/C48H31NO/c1-3-14-32(15-4-1)33-16-11-20-36(30-33)49(35-18-5-2-6-19-35)37-21-12-17-34(31-37)38-25-13-26-40-42-28-29-45-48(43-24-9-10-27-44(43)50-45)47(42)41-23-8-7-22-39(41)46(38)40/h1-31H. The van der Waals surface area contributed by atoms with Crippen LogP contribution >= 0.6 is 0 Å². The molecule has 50 heavy (non-hydrogen) atoms. The van der Waals surface area contributed by atoms with Crippen molar-refractivity contribution in [3.63, 3.8) is 0 Å². The number of hydrogen-bond donors (Lipinski definition) is 0. The molecule has 10 rings (SSSR count). The zero-order valence-corrected chi connectivity index (χ0v) is 27.3. The first-order valence-electron chi connectivity index (χ1n) is 17.1. The summed E-state index contributed by atoms with van der Waals surface area (Å²) in [6.07, 6.45) is 0. The summed E-state index contributed by atoms with van der Waals surface area (Å²) in [4.78, 5) is 2.36. The van der Waals surface area contributed by atoms with Crippen molar-refractivity contribution in [1.82, 2.24) is 0 Å². The number of anilines is 3. The van der Waals surface area contributed by atoms with Crippen molar-refractivity contribution in [2.24, 2.45) is 0 Å². The monoisotopic (exact) mass is 637 g/mol. The van der Waals surface area contributed by atoms with Gasteiger partial charge in [0.15, 0.2) is 0 Å². The van der Waals surface area contributed by atoms with E-state index in [1.807, 2.05) is 6.07 Å². The Morgan fingerprint density at radius 1 is 0.300 bits per heavy atom. The molecule has 0 spiro atoms. The number of furan rings is 1. The summed E-state index contributed by atoms with van der Waals surface area (Å²) in [5.74, 6) is 0. The fourth-order valence-corrected chi connectivity index (χ4v) is 7.84. The molecule has 234 valence electrons. The molecule has 0 amide bonds. The highest BCUT2D eigenvalue weighted by atomic mass is 16.3. The number of para-hydroxylation sites is 2. The molecular formula is C48H31NO. The summed E-state index contributed by atoms with van der Waals surface area (Å²) >= 11 is 0. The molecule has 0 aliphatic carbocycles. The summed E-state index contributed by atoms with van der Waals surface area (Å²) in [5.41, 5.74) is 9.94. The van der Waals surface area contributed by atoms with Crippen LogP contribution in [0.4, 0.5) is 17.1 Å². The predicted octanol–water partition coefficient (Wildman–Crippen LogP) is 13.8. The van der Waals surface area contributed by atoms with E-state index in [1.165, 1.54) is 60.0 Å². The molecular weight excluding hydrogens is 607 g/mol. The Hall–Kier alpha value is -6.64. The van der Waals surface area contributed by atoms with Crippen LogP contribution in [0.5, 0.6) is 0 Å². The zero-order valence-electron chi connectivity index (χ0n) is 27.3. The van der Waals surface area contributed by atoms with Gasteiger partial charge in [0.2, 0.25) is 0 Å². The second-order valence-electron chi connectivity index (χ2n) is 12.9. The van der Waals surface area contributed by atoms with Crippen molar-refractivity contribution in [3.8, 4) is 22.3 Å². The molecule has 0 saturated carbocycles. The first-order chi connectivity index (χ1) is 24.8. The molecule has 2 nitrogen and oxygen atoms in total. The second kappa shape index (κ2) is 11.5. The van der Waals surface area contributed by atoms with Crippen LogP contribution in [0.1, 0.15) is 0 Å². The number of fused-ring (bicyclic) bond motifs is 10. The van der Waals surface area contributed by atoms with E-state index in [-0.39, 0.29) is 0 Å². The molecule has 1 heterocycles. The number of benzene rings is 9. The lowest BCUT2D eigenvalue weighted by atomic mass is 9.88. The molecule has 0 aliphatic rings. The third-order valence-corrected chi connectivity index (χ3v) is 10.0. The first-order valence-corrected chi connectivity index (χ1v) is 17.1. The van der Waals surface area contributed by atoms with E-state index in [1.54, 1.807) is 0 Å². The van der Waals surface area contributed by atoms with E-state index in [0.29, 0.717) is 0 Å². The number of hydrogen-bond acceptors (Lipinski definition) is 2. The van der Waals surface area contributed by atoms with Crippen LogP contribution in [0.25, 0.3) is 76.5 Å². The van der Waals surface area contributed by atoms with Crippen molar-refractivity contribution in [2.45, 2.75) is 0 Å². The second-order valence-corrected chi connectivity index (χ2v) is 12.9. The lowest BCUT2D eigenvalue weighted by molar-refractivity contribution is 0.669. The molecule has 2 heteroatoms. The average Bonchev–Trinajstić information content (AvgIpc) is 3.58. The summed E-state index contributed by atoms with van der Waals surface area (Å²) in [6, 6.07) is 67.4. The quantitative estimate of drug-likeness (QED) is 0.175. The molecule has 10 aromatic rings. The largest absolute Gasteiger partial charge is 0.456 e. The normalized spacial score (nSPS) is 11.6. The van der Waals surface area contributed by atoms with E-state index in [9.17, 15) is 0 Å². The highest BCUT2D eigenvalue weighted by molar-refractivity contribution is 6.36. The topological polar surface area (TPSA) is 16.4 Å². The van der Waals surface area contributed by atoms with Gasteiger partial charge in [-0.2, -0.15) is 0 Å². The summed E-state index contributed by atoms with van der Waals surface area (Å²) in [6.45, 7) is 0. The maximum atomic E-state index is 6.35. The lowest BCUT2D eigenvalue weighted by Gasteiger charge is -2.26. The minimum Gasteiger partial charge on any atom is -0.456 e. The molecule has 0 saturated heterocycles. The smallest absolute Gasteiger partial charge is 0.136 e. The molecule has 0 radical (unpaired) electrons. The van der Waals surface area contributed by atoms with Crippen LogP contribution in [0.15, 0.2) is 192 Å². The average molecular weight is 638 g/mol. The number of nitrogens with zero attached hydrogens (tertiary/aromatic N) is 1. The maximum absolute atomic E-state index is 6.35. The van der Waals surface area contributed by atoms with E-state index in [2.05, 4.69) is 187 Å². The van der Waals surface area contributed by atoms with E-state index >= 15 is 0 Å². The summed E-state index contributed by atoms with van der Waals surface area (Å²) < 4.78 is 6.35. The van der Waals surface area contributed by atoms with Crippen LogP contribution in [0.2, 0.25) is 0 Å². The molecule has 0 bridgehead atoms. The molecule has 0 unspecified atom stereocenters. The highest BCUT2D eigenvalue weighted by Crippen LogP contribution is 2.46. The molecule has 0 fully saturated rings. The maximum Gasteiger partial charge on any atom is 0.136 e. The van der Waals surface area contributed by atoms with Gasteiger partial charge in [0.25, 0.3) is 0 Å². The molecule has 9 aromatic carbocycles. The Bertz CT molecular complexity index is 2840.